The van der Waals surface area contributed by atoms with Gasteiger partial charge in [0.25, 0.3) is 15.6 Å². The van der Waals surface area contributed by atoms with Crippen molar-refractivity contribution >= 4 is 72.6 Å². The molecule has 4 aromatic rings. The first-order valence-electron chi connectivity index (χ1n) is 13.8. The molecule has 0 spiro atoms. The van der Waals surface area contributed by atoms with Crippen molar-refractivity contribution < 1.29 is 18.0 Å². The molecule has 0 atom stereocenters. The second-order valence-electron chi connectivity index (χ2n) is 9.98. The molecule has 0 radical (unpaired) electrons. The van der Waals surface area contributed by atoms with Gasteiger partial charge in [-0.15, -0.1) is 11.3 Å². The number of fused-ring (bicyclic) bond motifs is 3. The van der Waals surface area contributed by atoms with Gasteiger partial charge in [0.2, 0.25) is 5.91 Å². The molecule has 2 aromatic heterocycles. The fourth-order valence-electron chi connectivity index (χ4n) is 4.74. The Kier molecular flexibility index (Phi) is 9.75. The van der Waals surface area contributed by atoms with E-state index in [0.29, 0.717) is 38.3 Å². The van der Waals surface area contributed by atoms with E-state index in [9.17, 15) is 22.8 Å². The standard InChI is InChI=1S/C29H30ClN5O5S3/c1-2-3-16-31-28(38)34-43(39,40)21-14-10-19(11-15-21)32-24(36)17-41-29-33-26-25(22-6-4-5-7-23(22)42-26)27(37)35(29)20-12-8-18(30)9-13-20/h8-15H,2-7,16-17H2,1H3,(H,32,36)(H2,31,34,38). The number of aromatic nitrogens is 2. The third-order valence-electron chi connectivity index (χ3n) is 6.87. The van der Waals surface area contributed by atoms with Gasteiger partial charge < -0.3 is 10.6 Å². The third kappa shape index (κ3) is 7.23. The van der Waals surface area contributed by atoms with Crippen LogP contribution in [-0.2, 0) is 27.7 Å². The number of amides is 3. The second-order valence-corrected chi connectivity index (χ2v) is 14.1. The summed E-state index contributed by atoms with van der Waals surface area (Å²) in [6, 6.07) is 11.6. The van der Waals surface area contributed by atoms with Crippen LogP contribution < -0.4 is 20.9 Å². The molecule has 226 valence electrons. The van der Waals surface area contributed by atoms with Crippen LogP contribution in [0.3, 0.4) is 0 Å². The molecule has 5 rings (SSSR count). The zero-order chi connectivity index (χ0) is 30.6. The first kappa shape index (κ1) is 31.0. The molecule has 1 aliphatic carbocycles. The summed E-state index contributed by atoms with van der Waals surface area (Å²) >= 11 is 8.77. The number of anilines is 1. The second kappa shape index (κ2) is 13.5. The number of halogens is 1. The summed E-state index contributed by atoms with van der Waals surface area (Å²) in [4.78, 5) is 45.2. The predicted molar refractivity (Wildman–Crippen MR) is 171 cm³/mol. The van der Waals surface area contributed by atoms with Gasteiger partial charge in [-0.2, -0.15) is 0 Å². The number of aryl methyl sites for hydroxylation is 2. The van der Waals surface area contributed by atoms with Crippen LogP contribution >= 0.6 is 34.7 Å². The molecule has 2 aromatic carbocycles. The van der Waals surface area contributed by atoms with Gasteiger partial charge in [-0.3, -0.25) is 14.2 Å². The number of carbonyl (C=O) groups excluding carboxylic acids is 2. The maximum absolute atomic E-state index is 13.9. The van der Waals surface area contributed by atoms with Crippen molar-refractivity contribution in [1.82, 2.24) is 19.6 Å². The van der Waals surface area contributed by atoms with E-state index in [-0.39, 0.29) is 22.1 Å². The molecule has 3 amide bonds. The zero-order valence-corrected chi connectivity index (χ0v) is 26.5. The quantitative estimate of drug-likeness (QED) is 0.116. The average Bonchev–Trinajstić information content (AvgIpc) is 3.36. The summed E-state index contributed by atoms with van der Waals surface area (Å²) in [5.74, 6) is -0.410. The normalized spacial score (nSPS) is 13.0. The van der Waals surface area contributed by atoms with Crippen LogP contribution in [0.25, 0.3) is 15.9 Å². The van der Waals surface area contributed by atoms with E-state index in [1.54, 1.807) is 35.6 Å². The zero-order valence-electron chi connectivity index (χ0n) is 23.3. The highest BCUT2D eigenvalue weighted by molar-refractivity contribution is 7.99. The van der Waals surface area contributed by atoms with Crippen molar-refractivity contribution in [2.45, 2.75) is 55.5 Å². The molecule has 14 heteroatoms. The number of nitrogens with one attached hydrogen (secondary N) is 3. The Hall–Kier alpha value is -3.39. The van der Waals surface area contributed by atoms with Crippen LogP contribution in [0.1, 0.15) is 43.0 Å². The lowest BCUT2D eigenvalue weighted by atomic mass is 9.97. The monoisotopic (exact) mass is 659 g/mol. The number of nitrogens with zero attached hydrogens (tertiary/aromatic N) is 2. The van der Waals surface area contributed by atoms with Gasteiger partial charge in [0, 0.05) is 22.1 Å². The summed E-state index contributed by atoms with van der Waals surface area (Å²) in [6.07, 6.45) is 5.51. The van der Waals surface area contributed by atoms with Gasteiger partial charge in [0.1, 0.15) is 4.83 Å². The van der Waals surface area contributed by atoms with E-state index in [1.807, 2.05) is 11.6 Å². The SMILES string of the molecule is CCCCNC(=O)NS(=O)(=O)c1ccc(NC(=O)CSc2nc3sc4c(c3c(=O)n2-c2ccc(Cl)cc2)CCCC4)cc1. The fourth-order valence-corrected chi connectivity index (χ4v) is 7.91. The minimum Gasteiger partial charge on any atom is -0.337 e. The largest absolute Gasteiger partial charge is 0.337 e. The van der Waals surface area contributed by atoms with Crippen LogP contribution in [-0.4, -0.2) is 42.2 Å². The van der Waals surface area contributed by atoms with Crippen molar-refractivity contribution in [3.8, 4) is 5.69 Å². The fraction of sp³-hybridized carbons (Fsp3) is 0.310. The van der Waals surface area contributed by atoms with Gasteiger partial charge in [0.05, 0.1) is 21.7 Å². The number of hydrogen-bond donors (Lipinski definition) is 3. The maximum atomic E-state index is 13.9. The lowest BCUT2D eigenvalue weighted by Gasteiger charge is -2.14. The smallest absolute Gasteiger partial charge is 0.328 e. The Bertz CT molecular complexity index is 1820. The number of urea groups is 1. The van der Waals surface area contributed by atoms with Crippen molar-refractivity contribution in [3.63, 3.8) is 0 Å². The Morgan fingerprint density at radius 3 is 2.51 bits per heavy atom. The minimum atomic E-state index is -4.07. The number of unbranched alkanes of at least 4 members (excludes halogenated alkanes) is 1. The van der Waals surface area contributed by atoms with Crippen molar-refractivity contribution in [2.24, 2.45) is 0 Å². The van der Waals surface area contributed by atoms with E-state index in [1.165, 1.54) is 33.7 Å². The number of hydrogen-bond acceptors (Lipinski definition) is 8. The van der Waals surface area contributed by atoms with E-state index in [0.717, 1.165) is 55.9 Å². The van der Waals surface area contributed by atoms with Crippen LogP contribution in [0.2, 0.25) is 5.02 Å². The van der Waals surface area contributed by atoms with E-state index in [2.05, 4.69) is 10.6 Å². The number of sulfonamides is 1. The molecule has 0 bridgehead atoms. The number of thioether (sulfide) groups is 1. The summed E-state index contributed by atoms with van der Waals surface area (Å²) < 4.78 is 28.5. The van der Waals surface area contributed by atoms with Gasteiger partial charge in [-0.05, 0) is 86.2 Å². The highest BCUT2D eigenvalue weighted by atomic mass is 35.5. The molecule has 0 saturated carbocycles. The summed E-state index contributed by atoms with van der Waals surface area (Å²) in [5, 5.41) is 6.81. The predicted octanol–water partition coefficient (Wildman–Crippen LogP) is 5.50. The molecule has 0 saturated heterocycles. The molecular weight excluding hydrogens is 630 g/mol. The lowest BCUT2D eigenvalue weighted by Crippen LogP contribution is -2.39. The Balaban J connectivity index is 1.31. The van der Waals surface area contributed by atoms with Crippen LogP contribution in [0.15, 0.2) is 63.4 Å². The molecule has 0 unspecified atom stereocenters. The molecule has 0 fully saturated rings. The van der Waals surface area contributed by atoms with Crippen molar-refractivity contribution in [3.05, 3.63) is 74.3 Å². The summed E-state index contributed by atoms with van der Waals surface area (Å²) in [7, 11) is -4.07. The van der Waals surface area contributed by atoms with Gasteiger partial charge >= 0.3 is 6.03 Å². The minimum absolute atomic E-state index is 0.0455. The third-order valence-corrected chi connectivity index (χ3v) is 10.6. The van der Waals surface area contributed by atoms with Crippen LogP contribution in [0.4, 0.5) is 10.5 Å². The van der Waals surface area contributed by atoms with Crippen LogP contribution in [0.5, 0.6) is 0 Å². The molecule has 0 aliphatic heterocycles. The Labute approximate surface area is 262 Å². The molecule has 3 N–H and O–H groups in total. The number of carbonyl (C=O) groups is 2. The van der Waals surface area contributed by atoms with Crippen molar-refractivity contribution in [2.75, 3.05) is 17.6 Å². The topological polar surface area (TPSA) is 139 Å². The first-order valence-corrected chi connectivity index (χ1v) is 17.5. The number of rotatable bonds is 10. The Morgan fingerprint density at radius 2 is 1.79 bits per heavy atom. The number of thiophene rings is 1. The molecule has 10 nitrogen and oxygen atoms in total. The number of benzene rings is 2. The maximum Gasteiger partial charge on any atom is 0.328 e. The van der Waals surface area contributed by atoms with Gasteiger partial charge in [-0.25, -0.2) is 22.9 Å². The van der Waals surface area contributed by atoms with E-state index in [4.69, 9.17) is 16.6 Å². The van der Waals surface area contributed by atoms with Gasteiger partial charge in [-0.1, -0.05) is 36.7 Å². The van der Waals surface area contributed by atoms with Crippen LogP contribution in [0, 0.1) is 0 Å². The highest BCUT2D eigenvalue weighted by Crippen LogP contribution is 2.35. The van der Waals surface area contributed by atoms with Crippen molar-refractivity contribution in [1.29, 1.82) is 0 Å². The molecular formula is C29H30ClN5O5S3. The Morgan fingerprint density at radius 1 is 1.07 bits per heavy atom. The first-order chi connectivity index (χ1) is 20.7. The summed E-state index contributed by atoms with van der Waals surface area (Å²) in [6.45, 7) is 2.33. The summed E-state index contributed by atoms with van der Waals surface area (Å²) in [5.41, 5.74) is 1.89. The van der Waals surface area contributed by atoms with Gasteiger partial charge in [0.15, 0.2) is 5.16 Å². The lowest BCUT2D eigenvalue weighted by molar-refractivity contribution is -0.113. The molecule has 2 heterocycles. The molecule has 43 heavy (non-hydrogen) atoms. The highest BCUT2D eigenvalue weighted by Gasteiger charge is 2.23. The molecule has 1 aliphatic rings. The van der Waals surface area contributed by atoms with E-state index >= 15 is 0 Å². The van der Waals surface area contributed by atoms with E-state index < -0.39 is 16.1 Å². The average molecular weight is 660 g/mol.